The van der Waals surface area contributed by atoms with E-state index in [4.69, 9.17) is 16.7 Å². The van der Waals surface area contributed by atoms with Crippen LogP contribution in [-0.2, 0) is 16.1 Å². The molecule has 0 radical (unpaired) electrons. The molecule has 0 aliphatic carbocycles. The number of nitrogens with zero attached hydrogens (tertiary/aromatic N) is 2. The number of benzene rings is 1. The summed E-state index contributed by atoms with van der Waals surface area (Å²) in [5.41, 5.74) is -0.162. The Morgan fingerprint density at radius 3 is 2.43 bits per heavy atom. The minimum Gasteiger partial charge on any atom is -0.480 e. The van der Waals surface area contributed by atoms with E-state index in [2.05, 4.69) is 0 Å². The summed E-state index contributed by atoms with van der Waals surface area (Å²) in [5.74, 6) is -1.11. The van der Waals surface area contributed by atoms with Crippen molar-refractivity contribution in [2.75, 3.05) is 20.6 Å². The molecule has 1 rings (SSSR count). The van der Waals surface area contributed by atoms with Crippen LogP contribution in [0.5, 0.6) is 0 Å². The first-order valence-electron chi connectivity index (χ1n) is 6.57. The molecule has 1 N–H and O–H groups in total. The molecule has 6 heteroatoms. The number of hydrogen-bond donors (Lipinski definition) is 1. The second-order valence-corrected chi connectivity index (χ2v) is 6.04. The van der Waals surface area contributed by atoms with Gasteiger partial charge in [0, 0.05) is 18.6 Å². The van der Waals surface area contributed by atoms with E-state index in [0.29, 0.717) is 11.6 Å². The van der Waals surface area contributed by atoms with Gasteiger partial charge in [-0.1, -0.05) is 23.7 Å². The van der Waals surface area contributed by atoms with Crippen molar-refractivity contribution in [3.05, 3.63) is 34.9 Å². The van der Waals surface area contributed by atoms with Gasteiger partial charge >= 0.3 is 5.97 Å². The van der Waals surface area contributed by atoms with Gasteiger partial charge in [0.15, 0.2) is 0 Å². The first-order valence-corrected chi connectivity index (χ1v) is 6.95. The molecule has 0 unspecified atom stereocenters. The number of amides is 1. The monoisotopic (exact) mass is 312 g/mol. The Morgan fingerprint density at radius 2 is 1.90 bits per heavy atom. The summed E-state index contributed by atoms with van der Waals surface area (Å²) in [4.78, 5) is 26.4. The first kappa shape index (κ1) is 17.5. The second kappa shape index (κ2) is 6.91. The minimum absolute atomic E-state index is 0.0381. The number of rotatable bonds is 6. The zero-order valence-electron chi connectivity index (χ0n) is 12.8. The molecule has 0 fully saturated rings. The lowest BCUT2D eigenvalue weighted by atomic mass is 10.0. The molecular formula is C15H21ClN2O3. The summed E-state index contributed by atoms with van der Waals surface area (Å²) in [5, 5.41) is 9.77. The van der Waals surface area contributed by atoms with Crippen molar-refractivity contribution in [1.29, 1.82) is 0 Å². The first-order chi connectivity index (χ1) is 9.64. The number of hydrogen-bond acceptors (Lipinski definition) is 3. The molecule has 116 valence electrons. The van der Waals surface area contributed by atoms with Gasteiger partial charge in [0.25, 0.3) is 0 Å². The number of carbonyl (C=O) groups excluding carboxylic acids is 1. The predicted molar refractivity (Wildman–Crippen MR) is 82.3 cm³/mol. The number of carboxylic acids is 1. The summed E-state index contributed by atoms with van der Waals surface area (Å²) in [6.07, 6.45) is 0. The van der Waals surface area contributed by atoms with Crippen molar-refractivity contribution >= 4 is 23.5 Å². The molecule has 0 saturated carbocycles. The van der Waals surface area contributed by atoms with Gasteiger partial charge in [0.1, 0.15) is 5.54 Å². The molecule has 21 heavy (non-hydrogen) atoms. The predicted octanol–water partition coefficient (Wildman–Crippen LogP) is 2.09. The van der Waals surface area contributed by atoms with Crippen molar-refractivity contribution < 1.29 is 14.7 Å². The zero-order valence-corrected chi connectivity index (χ0v) is 13.5. The van der Waals surface area contributed by atoms with Crippen LogP contribution in [-0.4, -0.2) is 53.0 Å². The fourth-order valence-corrected chi connectivity index (χ4v) is 1.89. The highest BCUT2D eigenvalue weighted by atomic mass is 35.5. The van der Waals surface area contributed by atoms with Crippen molar-refractivity contribution in [2.24, 2.45) is 0 Å². The Kier molecular flexibility index (Phi) is 5.75. The van der Waals surface area contributed by atoms with E-state index >= 15 is 0 Å². The van der Waals surface area contributed by atoms with Crippen LogP contribution in [0.25, 0.3) is 0 Å². The number of carbonyl (C=O) groups is 2. The highest BCUT2D eigenvalue weighted by Gasteiger charge is 2.33. The Hall–Kier alpha value is -1.59. The second-order valence-electron chi connectivity index (χ2n) is 5.60. The molecular weight excluding hydrogens is 292 g/mol. The van der Waals surface area contributed by atoms with Crippen LogP contribution in [0.1, 0.15) is 19.4 Å². The van der Waals surface area contributed by atoms with Crippen LogP contribution < -0.4 is 0 Å². The highest BCUT2D eigenvalue weighted by Crippen LogP contribution is 2.14. The molecule has 0 heterocycles. The van der Waals surface area contributed by atoms with E-state index in [1.807, 2.05) is 12.1 Å². The van der Waals surface area contributed by atoms with E-state index in [1.165, 1.54) is 4.90 Å². The lowest BCUT2D eigenvalue weighted by Crippen LogP contribution is -2.51. The molecule has 1 aromatic carbocycles. The Balaban J connectivity index is 2.65. The van der Waals surface area contributed by atoms with E-state index in [0.717, 1.165) is 5.56 Å². The average molecular weight is 313 g/mol. The van der Waals surface area contributed by atoms with Gasteiger partial charge in [-0.25, -0.2) is 0 Å². The Morgan fingerprint density at radius 1 is 1.29 bits per heavy atom. The maximum atomic E-state index is 12.2. The van der Waals surface area contributed by atoms with Gasteiger partial charge in [0.05, 0.1) is 6.54 Å². The largest absolute Gasteiger partial charge is 0.480 e. The lowest BCUT2D eigenvalue weighted by Gasteiger charge is -2.32. The van der Waals surface area contributed by atoms with Gasteiger partial charge in [-0.3, -0.25) is 14.5 Å². The molecule has 1 aromatic rings. The van der Waals surface area contributed by atoms with Crippen LogP contribution in [0.15, 0.2) is 24.3 Å². The Labute approximate surface area is 130 Å². The maximum absolute atomic E-state index is 12.2. The van der Waals surface area contributed by atoms with Crippen LogP contribution in [0.2, 0.25) is 5.02 Å². The normalized spacial score (nSPS) is 11.5. The third kappa shape index (κ3) is 4.72. The summed E-state index contributed by atoms with van der Waals surface area (Å²) in [6, 6.07) is 7.29. The Bertz CT molecular complexity index is 531. The number of aliphatic carboxylic acids is 1. The van der Waals surface area contributed by atoms with Gasteiger partial charge in [-0.15, -0.1) is 0 Å². The fourth-order valence-electron chi connectivity index (χ4n) is 1.68. The third-order valence-electron chi connectivity index (χ3n) is 3.58. The van der Waals surface area contributed by atoms with Gasteiger partial charge in [-0.2, -0.15) is 0 Å². The minimum atomic E-state index is -1.09. The van der Waals surface area contributed by atoms with Gasteiger partial charge in [0.2, 0.25) is 5.91 Å². The standard InChI is InChI=1S/C15H21ClN2O3/c1-15(2,14(20)21)18(4)10-13(19)17(3)9-11-6-5-7-12(16)8-11/h5-8H,9-10H2,1-4H3,(H,20,21). The SMILES string of the molecule is CN(Cc1cccc(Cl)c1)C(=O)CN(C)C(C)(C)C(=O)O. The maximum Gasteiger partial charge on any atom is 0.323 e. The molecule has 5 nitrogen and oxygen atoms in total. The van der Waals surface area contributed by atoms with E-state index in [9.17, 15) is 9.59 Å². The van der Waals surface area contributed by atoms with E-state index in [-0.39, 0.29) is 12.5 Å². The molecule has 0 atom stereocenters. The fraction of sp³-hybridized carbons (Fsp3) is 0.467. The summed E-state index contributed by atoms with van der Waals surface area (Å²) in [7, 11) is 3.31. The molecule has 1 amide bonds. The quantitative estimate of drug-likeness (QED) is 0.874. The summed E-state index contributed by atoms with van der Waals surface area (Å²) >= 11 is 5.91. The van der Waals surface area contributed by atoms with Gasteiger partial charge < -0.3 is 10.0 Å². The smallest absolute Gasteiger partial charge is 0.323 e. The highest BCUT2D eigenvalue weighted by molar-refractivity contribution is 6.30. The zero-order chi connectivity index (χ0) is 16.2. The molecule has 0 aromatic heterocycles. The number of likely N-dealkylation sites (N-methyl/N-ethyl adjacent to an activating group) is 2. The van der Waals surface area contributed by atoms with Crippen molar-refractivity contribution in [1.82, 2.24) is 9.80 Å². The number of carboxylic acid groups (broad SMARTS) is 1. The molecule has 0 bridgehead atoms. The lowest BCUT2D eigenvalue weighted by molar-refractivity contribution is -0.150. The molecule has 0 spiro atoms. The summed E-state index contributed by atoms with van der Waals surface area (Å²) in [6.45, 7) is 3.61. The summed E-state index contributed by atoms with van der Waals surface area (Å²) < 4.78 is 0. The van der Waals surface area contributed by atoms with E-state index < -0.39 is 11.5 Å². The molecule has 0 saturated heterocycles. The van der Waals surface area contributed by atoms with Gasteiger partial charge in [-0.05, 0) is 38.6 Å². The van der Waals surface area contributed by atoms with Crippen molar-refractivity contribution in [3.63, 3.8) is 0 Å². The topological polar surface area (TPSA) is 60.9 Å². The van der Waals surface area contributed by atoms with Crippen LogP contribution in [0.3, 0.4) is 0 Å². The van der Waals surface area contributed by atoms with Crippen molar-refractivity contribution in [2.45, 2.75) is 25.9 Å². The molecule has 0 aliphatic rings. The number of halogens is 1. The average Bonchev–Trinajstić information content (AvgIpc) is 2.38. The van der Waals surface area contributed by atoms with Crippen LogP contribution >= 0.6 is 11.6 Å². The van der Waals surface area contributed by atoms with Crippen LogP contribution in [0.4, 0.5) is 0 Å². The third-order valence-corrected chi connectivity index (χ3v) is 3.82. The van der Waals surface area contributed by atoms with Crippen molar-refractivity contribution in [3.8, 4) is 0 Å². The van der Waals surface area contributed by atoms with E-state index in [1.54, 1.807) is 45.0 Å². The molecule has 0 aliphatic heterocycles. The van der Waals surface area contributed by atoms with Crippen LogP contribution in [0, 0.1) is 0 Å².